The highest BCUT2D eigenvalue weighted by Crippen LogP contribution is 2.34. The molecule has 1 heterocycles. The number of aromatic hydroxyl groups is 1. The van der Waals surface area contributed by atoms with Crippen molar-refractivity contribution in [2.75, 3.05) is 0 Å². The molecule has 0 fully saturated rings. The molecule has 4 heteroatoms. The van der Waals surface area contributed by atoms with Crippen molar-refractivity contribution in [2.24, 2.45) is 0 Å². The Morgan fingerprint density at radius 3 is 2.75 bits per heavy atom. The van der Waals surface area contributed by atoms with Gasteiger partial charge in [0.15, 0.2) is 0 Å². The Bertz CT molecular complexity index is 543. The monoisotopic (exact) mass is 237 g/mol. The number of phenolic OH excluding ortho intramolecular Hbond substituents is 1. The Kier molecular flexibility index (Phi) is 2.79. The highest BCUT2D eigenvalue weighted by molar-refractivity contribution is 6.31. The van der Waals surface area contributed by atoms with E-state index < -0.39 is 5.82 Å². The van der Waals surface area contributed by atoms with Crippen molar-refractivity contribution in [3.05, 3.63) is 47.0 Å². The number of halogens is 2. The third-order valence-electron chi connectivity index (χ3n) is 2.37. The van der Waals surface area contributed by atoms with Gasteiger partial charge in [0.25, 0.3) is 0 Å². The summed E-state index contributed by atoms with van der Waals surface area (Å²) in [7, 11) is 0. The van der Waals surface area contributed by atoms with Crippen LogP contribution in [0.1, 0.15) is 5.56 Å². The van der Waals surface area contributed by atoms with Crippen LogP contribution in [0.4, 0.5) is 4.39 Å². The van der Waals surface area contributed by atoms with Crippen molar-refractivity contribution in [1.82, 2.24) is 4.98 Å². The quantitative estimate of drug-likeness (QED) is 0.823. The van der Waals surface area contributed by atoms with E-state index in [0.717, 1.165) is 17.2 Å². The van der Waals surface area contributed by atoms with Gasteiger partial charge in [0, 0.05) is 29.6 Å². The van der Waals surface area contributed by atoms with Crippen LogP contribution >= 0.6 is 11.6 Å². The van der Waals surface area contributed by atoms with Gasteiger partial charge in [0.2, 0.25) is 0 Å². The number of rotatable bonds is 1. The molecule has 82 valence electrons. The number of aromatic nitrogens is 1. The minimum absolute atomic E-state index is 0.0175. The zero-order valence-electron chi connectivity index (χ0n) is 8.54. The summed E-state index contributed by atoms with van der Waals surface area (Å²) < 4.78 is 13.1. The lowest BCUT2D eigenvalue weighted by Crippen LogP contribution is -1.87. The van der Waals surface area contributed by atoms with Gasteiger partial charge in [-0.1, -0.05) is 11.6 Å². The molecule has 0 unspecified atom stereocenters. The molecular formula is C12H9ClFNO. The first kappa shape index (κ1) is 10.9. The Hall–Kier alpha value is -1.61. The molecule has 0 radical (unpaired) electrons. The molecule has 2 rings (SSSR count). The molecule has 0 bridgehead atoms. The number of benzene rings is 1. The van der Waals surface area contributed by atoms with E-state index in [1.807, 2.05) is 13.0 Å². The molecule has 0 saturated carbocycles. The zero-order chi connectivity index (χ0) is 11.7. The summed E-state index contributed by atoms with van der Waals surface area (Å²) in [5.74, 6) is -0.775. The van der Waals surface area contributed by atoms with Crippen LogP contribution in [-0.4, -0.2) is 10.1 Å². The normalized spacial score (nSPS) is 10.4. The van der Waals surface area contributed by atoms with Gasteiger partial charge in [-0.2, -0.15) is 0 Å². The molecule has 16 heavy (non-hydrogen) atoms. The second kappa shape index (κ2) is 4.10. The standard InChI is InChI=1S/C12H9ClFNO/c1-7-2-3-15-6-9(7)8-4-10(13)11(14)5-12(8)16/h2-6,16H,1H3. The summed E-state index contributed by atoms with van der Waals surface area (Å²) in [6.07, 6.45) is 3.26. The van der Waals surface area contributed by atoms with Crippen LogP contribution < -0.4 is 0 Å². The molecule has 0 aliphatic rings. The van der Waals surface area contributed by atoms with Crippen molar-refractivity contribution in [3.63, 3.8) is 0 Å². The van der Waals surface area contributed by atoms with Crippen molar-refractivity contribution >= 4 is 11.6 Å². The molecular weight excluding hydrogens is 229 g/mol. The highest BCUT2D eigenvalue weighted by Gasteiger charge is 2.11. The van der Waals surface area contributed by atoms with Gasteiger partial charge in [-0.15, -0.1) is 0 Å². The average Bonchev–Trinajstić information content (AvgIpc) is 2.25. The van der Waals surface area contributed by atoms with E-state index in [-0.39, 0.29) is 10.8 Å². The first-order chi connectivity index (χ1) is 7.59. The number of phenols is 1. The van der Waals surface area contributed by atoms with Crippen LogP contribution in [0.15, 0.2) is 30.6 Å². The molecule has 2 aromatic rings. The van der Waals surface area contributed by atoms with Gasteiger partial charge >= 0.3 is 0 Å². The molecule has 0 spiro atoms. The summed E-state index contributed by atoms with van der Waals surface area (Å²) in [6, 6.07) is 4.21. The van der Waals surface area contributed by atoms with Crippen LogP contribution in [0.2, 0.25) is 5.02 Å². The molecule has 0 saturated heterocycles. The minimum Gasteiger partial charge on any atom is -0.507 e. The average molecular weight is 238 g/mol. The molecule has 1 aromatic carbocycles. The van der Waals surface area contributed by atoms with Gasteiger partial charge in [-0.3, -0.25) is 4.98 Å². The summed E-state index contributed by atoms with van der Waals surface area (Å²) >= 11 is 5.68. The van der Waals surface area contributed by atoms with Gasteiger partial charge < -0.3 is 5.11 Å². The van der Waals surface area contributed by atoms with E-state index in [1.54, 1.807) is 12.4 Å². The molecule has 1 aromatic heterocycles. The van der Waals surface area contributed by atoms with Crippen LogP contribution in [0, 0.1) is 12.7 Å². The predicted molar refractivity (Wildman–Crippen MR) is 61.0 cm³/mol. The predicted octanol–water partition coefficient (Wildman–Crippen LogP) is 3.56. The fourth-order valence-electron chi connectivity index (χ4n) is 1.50. The second-order valence-electron chi connectivity index (χ2n) is 3.47. The Morgan fingerprint density at radius 1 is 1.31 bits per heavy atom. The Morgan fingerprint density at radius 2 is 2.06 bits per heavy atom. The number of aryl methyl sites for hydroxylation is 1. The van der Waals surface area contributed by atoms with Crippen molar-refractivity contribution in [3.8, 4) is 16.9 Å². The van der Waals surface area contributed by atoms with Gasteiger partial charge in [0.05, 0.1) is 5.02 Å². The lowest BCUT2D eigenvalue weighted by Gasteiger charge is -2.08. The van der Waals surface area contributed by atoms with Crippen molar-refractivity contribution < 1.29 is 9.50 Å². The van der Waals surface area contributed by atoms with Gasteiger partial charge in [0.1, 0.15) is 11.6 Å². The molecule has 0 amide bonds. The largest absolute Gasteiger partial charge is 0.507 e. The second-order valence-corrected chi connectivity index (χ2v) is 3.88. The van der Waals surface area contributed by atoms with Crippen molar-refractivity contribution in [2.45, 2.75) is 6.92 Å². The third-order valence-corrected chi connectivity index (χ3v) is 2.66. The minimum atomic E-state index is -0.635. The topological polar surface area (TPSA) is 33.1 Å². The fourth-order valence-corrected chi connectivity index (χ4v) is 1.66. The summed E-state index contributed by atoms with van der Waals surface area (Å²) in [4.78, 5) is 3.97. The molecule has 0 atom stereocenters. The van der Waals surface area contributed by atoms with Crippen LogP contribution in [0.3, 0.4) is 0 Å². The number of nitrogens with zero attached hydrogens (tertiary/aromatic N) is 1. The molecule has 0 aliphatic heterocycles. The SMILES string of the molecule is Cc1ccncc1-c1cc(Cl)c(F)cc1O. The maximum atomic E-state index is 13.1. The summed E-state index contributed by atoms with van der Waals surface area (Å²) in [5, 5.41) is 9.65. The highest BCUT2D eigenvalue weighted by atomic mass is 35.5. The molecule has 2 nitrogen and oxygen atoms in total. The lowest BCUT2D eigenvalue weighted by atomic mass is 10.0. The van der Waals surface area contributed by atoms with Gasteiger partial charge in [-0.25, -0.2) is 4.39 Å². The van der Waals surface area contributed by atoms with Crippen LogP contribution in [0.25, 0.3) is 11.1 Å². The van der Waals surface area contributed by atoms with Crippen LogP contribution in [0.5, 0.6) is 5.75 Å². The maximum absolute atomic E-state index is 13.1. The summed E-state index contributed by atoms with van der Waals surface area (Å²) in [6.45, 7) is 1.88. The molecule has 1 N–H and O–H groups in total. The van der Waals surface area contributed by atoms with E-state index in [0.29, 0.717) is 5.56 Å². The van der Waals surface area contributed by atoms with Crippen molar-refractivity contribution in [1.29, 1.82) is 0 Å². The fraction of sp³-hybridized carbons (Fsp3) is 0.0833. The third kappa shape index (κ3) is 1.86. The first-order valence-electron chi connectivity index (χ1n) is 4.68. The molecule has 0 aliphatic carbocycles. The van der Waals surface area contributed by atoms with E-state index in [1.165, 1.54) is 6.07 Å². The number of hydrogen-bond donors (Lipinski definition) is 1. The van der Waals surface area contributed by atoms with Gasteiger partial charge in [-0.05, 0) is 24.6 Å². The van der Waals surface area contributed by atoms with Crippen LogP contribution in [-0.2, 0) is 0 Å². The number of pyridine rings is 1. The van der Waals surface area contributed by atoms with E-state index in [9.17, 15) is 9.50 Å². The number of hydrogen-bond acceptors (Lipinski definition) is 2. The van der Waals surface area contributed by atoms with E-state index in [2.05, 4.69) is 4.98 Å². The lowest BCUT2D eigenvalue weighted by molar-refractivity contribution is 0.471. The van der Waals surface area contributed by atoms with E-state index >= 15 is 0 Å². The zero-order valence-corrected chi connectivity index (χ0v) is 9.29. The maximum Gasteiger partial charge on any atom is 0.145 e. The smallest absolute Gasteiger partial charge is 0.145 e. The Balaban J connectivity index is 2.65. The summed E-state index contributed by atoms with van der Waals surface area (Å²) in [5.41, 5.74) is 2.16. The Labute approximate surface area is 97.3 Å². The first-order valence-corrected chi connectivity index (χ1v) is 5.06. The van der Waals surface area contributed by atoms with E-state index in [4.69, 9.17) is 11.6 Å².